The molecular formula is C22H22N6O4S. The van der Waals surface area contributed by atoms with Crippen LogP contribution < -0.4 is 5.32 Å². The Kier molecular flexibility index (Phi) is 6.68. The van der Waals surface area contributed by atoms with Gasteiger partial charge in [-0.15, -0.1) is 10.2 Å². The molecule has 0 bridgehead atoms. The molecule has 2 heterocycles. The highest BCUT2D eigenvalue weighted by atomic mass is 32.2. The third-order valence-electron chi connectivity index (χ3n) is 5.34. The van der Waals surface area contributed by atoms with Crippen LogP contribution in [-0.4, -0.2) is 49.5 Å². The van der Waals surface area contributed by atoms with Crippen LogP contribution >= 0.6 is 11.8 Å². The molecule has 1 fully saturated rings. The molecule has 0 aliphatic carbocycles. The number of benzene rings is 2. The van der Waals surface area contributed by atoms with Crippen LogP contribution in [0.3, 0.4) is 0 Å². The third-order valence-corrected chi connectivity index (χ3v) is 6.46. The second-order valence-electron chi connectivity index (χ2n) is 7.62. The topological polar surface area (TPSA) is 123 Å². The summed E-state index contributed by atoms with van der Waals surface area (Å²) in [5, 5.41) is 22.6. The van der Waals surface area contributed by atoms with Crippen LogP contribution in [0.15, 0.2) is 58.8 Å². The Labute approximate surface area is 194 Å². The van der Waals surface area contributed by atoms with Gasteiger partial charge in [0.2, 0.25) is 0 Å². The lowest BCUT2D eigenvalue weighted by molar-refractivity contribution is -0.387. The van der Waals surface area contributed by atoms with Gasteiger partial charge in [-0.3, -0.25) is 19.7 Å². The van der Waals surface area contributed by atoms with Crippen molar-refractivity contribution in [1.29, 1.82) is 0 Å². The summed E-state index contributed by atoms with van der Waals surface area (Å²) in [6.07, 6.45) is 4.52. The van der Waals surface area contributed by atoms with Gasteiger partial charge in [-0.25, -0.2) is 0 Å². The minimum absolute atomic E-state index is 0.115. The second kappa shape index (κ2) is 9.82. The first-order valence-corrected chi connectivity index (χ1v) is 11.3. The van der Waals surface area contributed by atoms with E-state index in [1.54, 1.807) is 40.8 Å². The van der Waals surface area contributed by atoms with Crippen molar-refractivity contribution < 1.29 is 14.5 Å². The number of likely N-dealkylation sites (tertiary alicyclic amines) is 1. The molecule has 4 rings (SSSR count). The molecule has 1 aliphatic rings. The monoisotopic (exact) mass is 466 g/mol. The summed E-state index contributed by atoms with van der Waals surface area (Å²) in [5.74, 6) is -0.667. The summed E-state index contributed by atoms with van der Waals surface area (Å²) in [5.41, 5.74) is 0.674. The number of piperidine rings is 1. The average molecular weight is 467 g/mol. The Hall–Kier alpha value is -3.73. The minimum Gasteiger partial charge on any atom is -0.339 e. The molecule has 1 saturated heterocycles. The number of nitrogens with zero attached hydrogens (tertiary/aromatic N) is 5. The lowest BCUT2D eigenvalue weighted by Gasteiger charge is -2.27. The molecule has 0 spiro atoms. The van der Waals surface area contributed by atoms with Gasteiger partial charge < -0.3 is 14.8 Å². The van der Waals surface area contributed by atoms with E-state index in [4.69, 9.17) is 0 Å². The fourth-order valence-electron chi connectivity index (χ4n) is 3.59. The molecule has 170 valence electrons. The van der Waals surface area contributed by atoms with Gasteiger partial charge in [-0.2, -0.15) is 0 Å². The van der Waals surface area contributed by atoms with Crippen molar-refractivity contribution in [3.63, 3.8) is 0 Å². The maximum Gasteiger partial charge on any atom is 0.284 e. The first kappa shape index (κ1) is 22.5. The number of aryl methyl sites for hydroxylation is 1. The summed E-state index contributed by atoms with van der Waals surface area (Å²) < 4.78 is 1.64. The van der Waals surface area contributed by atoms with Crippen molar-refractivity contribution in [3.8, 4) is 0 Å². The zero-order valence-corrected chi connectivity index (χ0v) is 18.7. The zero-order valence-electron chi connectivity index (χ0n) is 17.9. The summed E-state index contributed by atoms with van der Waals surface area (Å²) in [7, 11) is 1.73. The van der Waals surface area contributed by atoms with Crippen LogP contribution in [-0.2, 0) is 7.05 Å². The predicted molar refractivity (Wildman–Crippen MR) is 122 cm³/mol. The molecule has 1 aliphatic heterocycles. The van der Waals surface area contributed by atoms with Gasteiger partial charge in [0.1, 0.15) is 6.33 Å². The maximum absolute atomic E-state index is 13.0. The fourth-order valence-corrected chi connectivity index (χ4v) is 4.44. The van der Waals surface area contributed by atoms with E-state index < -0.39 is 10.8 Å². The Morgan fingerprint density at radius 3 is 2.58 bits per heavy atom. The van der Waals surface area contributed by atoms with Crippen LogP contribution in [0.4, 0.5) is 11.4 Å². The van der Waals surface area contributed by atoms with E-state index >= 15 is 0 Å². The van der Waals surface area contributed by atoms with E-state index in [2.05, 4.69) is 15.5 Å². The van der Waals surface area contributed by atoms with Crippen molar-refractivity contribution in [2.75, 3.05) is 18.4 Å². The number of carbonyl (C=O) groups is 2. The van der Waals surface area contributed by atoms with Gasteiger partial charge in [0, 0.05) is 31.8 Å². The molecule has 1 N–H and O–H groups in total. The van der Waals surface area contributed by atoms with E-state index in [9.17, 15) is 19.7 Å². The van der Waals surface area contributed by atoms with Crippen molar-refractivity contribution in [2.45, 2.75) is 29.3 Å². The highest BCUT2D eigenvalue weighted by molar-refractivity contribution is 7.99. The molecule has 0 unspecified atom stereocenters. The number of nitro groups is 1. The molecular weight excluding hydrogens is 444 g/mol. The SMILES string of the molecule is Cn1cnnc1Sc1ccc(C(=O)Nc2ccccc2C(=O)N2CCCCC2)cc1[N+](=O)[O-]. The molecule has 10 nitrogen and oxygen atoms in total. The largest absolute Gasteiger partial charge is 0.339 e. The zero-order chi connectivity index (χ0) is 23.4. The highest BCUT2D eigenvalue weighted by Crippen LogP contribution is 2.34. The number of hydrogen-bond acceptors (Lipinski definition) is 7. The normalized spacial score (nSPS) is 13.5. The number of amides is 2. The van der Waals surface area contributed by atoms with E-state index in [0.29, 0.717) is 34.4 Å². The molecule has 33 heavy (non-hydrogen) atoms. The fraction of sp³-hybridized carbons (Fsp3) is 0.273. The third kappa shape index (κ3) is 5.03. The summed E-state index contributed by atoms with van der Waals surface area (Å²) in [6, 6.07) is 11.1. The Morgan fingerprint density at radius 1 is 1.12 bits per heavy atom. The number of rotatable bonds is 6. The smallest absolute Gasteiger partial charge is 0.284 e. The lowest BCUT2D eigenvalue weighted by atomic mass is 10.1. The Bertz CT molecular complexity index is 1210. The van der Waals surface area contributed by atoms with Crippen molar-refractivity contribution in [1.82, 2.24) is 19.7 Å². The van der Waals surface area contributed by atoms with Crippen molar-refractivity contribution >= 4 is 35.0 Å². The second-order valence-corrected chi connectivity index (χ2v) is 8.63. The molecule has 2 aromatic carbocycles. The van der Waals surface area contributed by atoms with Crippen molar-refractivity contribution in [2.24, 2.45) is 7.05 Å². The number of nitro benzene ring substituents is 1. The number of para-hydroxylation sites is 1. The van der Waals surface area contributed by atoms with Crippen LogP contribution in [0.2, 0.25) is 0 Å². The number of hydrogen-bond donors (Lipinski definition) is 1. The van der Waals surface area contributed by atoms with Gasteiger partial charge in [0.15, 0.2) is 5.16 Å². The first-order valence-electron chi connectivity index (χ1n) is 10.4. The van der Waals surface area contributed by atoms with Crippen LogP contribution in [0, 0.1) is 10.1 Å². The number of nitrogens with one attached hydrogen (secondary N) is 1. The van der Waals surface area contributed by atoms with Gasteiger partial charge in [-0.05, 0) is 55.3 Å². The standard InChI is InChI=1S/C22H22N6O4S/c1-26-14-23-25-22(26)33-19-10-9-15(13-18(19)28(31)32)20(29)24-17-8-4-3-7-16(17)21(30)27-11-5-2-6-12-27/h3-4,7-10,13-14H,2,5-6,11-12H2,1H3,(H,24,29). The van der Waals surface area contributed by atoms with Gasteiger partial charge in [-0.1, -0.05) is 12.1 Å². The molecule has 2 amide bonds. The van der Waals surface area contributed by atoms with Gasteiger partial charge in [0.25, 0.3) is 17.5 Å². The molecule has 3 aromatic rings. The minimum atomic E-state index is -0.538. The molecule has 0 radical (unpaired) electrons. The van der Waals surface area contributed by atoms with Crippen molar-refractivity contribution in [3.05, 3.63) is 70.0 Å². The summed E-state index contributed by atoms with van der Waals surface area (Å²) >= 11 is 1.09. The summed E-state index contributed by atoms with van der Waals surface area (Å²) in [4.78, 5) is 39.2. The molecule has 0 saturated carbocycles. The van der Waals surface area contributed by atoms with E-state index in [-0.39, 0.29) is 17.2 Å². The highest BCUT2D eigenvalue weighted by Gasteiger charge is 2.23. The maximum atomic E-state index is 13.0. The predicted octanol–water partition coefficient (Wildman–Crippen LogP) is 3.75. The van der Waals surface area contributed by atoms with E-state index in [0.717, 1.165) is 31.0 Å². The van der Waals surface area contributed by atoms with Crippen LogP contribution in [0.1, 0.15) is 40.0 Å². The number of carbonyl (C=O) groups excluding carboxylic acids is 2. The van der Waals surface area contributed by atoms with Crippen LogP contribution in [0.5, 0.6) is 0 Å². The Morgan fingerprint density at radius 2 is 1.88 bits per heavy atom. The molecule has 0 atom stereocenters. The van der Waals surface area contributed by atoms with Gasteiger partial charge >= 0.3 is 0 Å². The quantitative estimate of drug-likeness (QED) is 0.433. The average Bonchev–Trinajstić information content (AvgIpc) is 3.23. The molecule has 1 aromatic heterocycles. The lowest BCUT2D eigenvalue weighted by Crippen LogP contribution is -2.36. The first-order chi connectivity index (χ1) is 15.9. The molecule has 11 heteroatoms. The van der Waals surface area contributed by atoms with E-state index in [1.165, 1.54) is 24.5 Å². The number of anilines is 1. The summed E-state index contributed by atoms with van der Waals surface area (Å²) in [6.45, 7) is 1.38. The van der Waals surface area contributed by atoms with E-state index in [1.807, 2.05) is 0 Å². The van der Waals surface area contributed by atoms with Crippen LogP contribution in [0.25, 0.3) is 0 Å². The Balaban J connectivity index is 1.57. The van der Waals surface area contributed by atoms with Gasteiger partial charge in [0.05, 0.1) is 21.1 Å². The number of aromatic nitrogens is 3.